The molecule has 192 valence electrons. The van der Waals surface area contributed by atoms with E-state index < -0.39 is 5.60 Å². The number of aliphatic hydroxyl groups is 1. The lowest BCUT2D eigenvalue weighted by Crippen LogP contribution is -2.52. The van der Waals surface area contributed by atoms with Crippen LogP contribution in [0.15, 0.2) is 24.3 Å². The van der Waals surface area contributed by atoms with Gasteiger partial charge in [-0.2, -0.15) is 0 Å². The number of piperidine rings is 1. The molecule has 2 heterocycles. The molecule has 0 spiro atoms. The van der Waals surface area contributed by atoms with Gasteiger partial charge in [0.25, 0.3) is 0 Å². The number of likely N-dealkylation sites (tertiary alicyclic amines) is 1. The quantitative estimate of drug-likeness (QED) is 0.404. The van der Waals surface area contributed by atoms with E-state index in [0.717, 1.165) is 63.7 Å². The summed E-state index contributed by atoms with van der Waals surface area (Å²) in [6.45, 7) is 3.94. The molecule has 4 N–H and O–H groups in total. The van der Waals surface area contributed by atoms with Crippen LogP contribution in [0, 0.1) is 11.8 Å². The average molecular weight is 496 g/mol. The number of benzene rings is 1. The molecule has 3 atom stereocenters. The Balaban J connectivity index is 1.59. The summed E-state index contributed by atoms with van der Waals surface area (Å²) >= 11 is 6.27. The molecule has 1 aromatic rings. The molecule has 0 radical (unpaired) electrons. The van der Waals surface area contributed by atoms with Gasteiger partial charge in [0, 0.05) is 63.5 Å². The highest BCUT2D eigenvalue weighted by Crippen LogP contribution is 2.40. The van der Waals surface area contributed by atoms with Crippen molar-refractivity contribution in [1.29, 1.82) is 0 Å². The van der Waals surface area contributed by atoms with Crippen LogP contribution in [0.1, 0.15) is 56.9 Å². The second-order valence-electron chi connectivity index (χ2n) is 9.91. The minimum Gasteiger partial charge on any atom is -0.385 e. The van der Waals surface area contributed by atoms with Crippen LogP contribution in [0.2, 0.25) is 5.02 Å². The van der Waals surface area contributed by atoms with Gasteiger partial charge in [-0.05, 0) is 75.0 Å². The number of urea groups is 1. The standard InChI is InChI=1S/C26H42ClN3O4/c1-33-13-3-2-11-26(32,21-6-4-8-23(27)17-21)22-7-5-12-30(19-22)25(31)29-18-24(28)16-20-9-14-34-15-10-20/h4,6,8,17,20,22,24,32H,2-3,5,7,9-16,18-19,28H2,1H3,(H,29,31)/t22-,24+,26-/m1/s1. The molecule has 0 saturated carbocycles. The number of hydrogen-bond donors (Lipinski definition) is 3. The van der Waals surface area contributed by atoms with Gasteiger partial charge in [-0.25, -0.2) is 4.79 Å². The minimum atomic E-state index is -1.04. The topological polar surface area (TPSA) is 97.1 Å². The maximum Gasteiger partial charge on any atom is 0.317 e. The molecule has 0 unspecified atom stereocenters. The third-order valence-corrected chi connectivity index (χ3v) is 7.59. The fourth-order valence-electron chi connectivity index (χ4n) is 5.36. The minimum absolute atomic E-state index is 0.0585. The number of nitrogens with zero attached hydrogens (tertiary/aromatic N) is 1. The summed E-state index contributed by atoms with van der Waals surface area (Å²) in [5, 5.41) is 15.6. The second-order valence-corrected chi connectivity index (χ2v) is 10.3. The molecule has 7 nitrogen and oxygen atoms in total. The summed E-state index contributed by atoms with van der Waals surface area (Å²) in [5.74, 6) is 0.509. The molecular weight excluding hydrogens is 454 g/mol. The van der Waals surface area contributed by atoms with Gasteiger partial charge >= 0.3 is 6.03 Å². The van der Waals surface area contributed by atoms with E-state index in [-0.39, 0.29) is 18.0 Å². The summed E-state index contributed by atoms with van der Waals surface area (Å²) in [7, 11) is 1.69. The van der Waals surface area contributed by atoms with Crippen LogP contribution in [0.3, 0.4) is 0 Å². The molecule has 2 fully saturated rings. The van der Waals surface area contributed by atoms with Crippen LogP contribution in [-0.4, -0.2) is 68.6 Å². The van der Waals surface area contributed by atoms with E-state index >= 15 is 0 Å². The molecule has 2 aliphatic rings. The highest BCUT2D eigenvalue weighted by molar-refractivity contribution is 6.30. The highest BCUT2D eigenvalue weighted by Gasteiger charge is 2.41. The van der Waals surface area contributed by atoms with E-state index in [1.807, 2.05) is 29.2 Å². The summed E-state index contributed by atoms with van der Waals surface area (Å²) in [4.78, 5) is 14.8. The van der Waals surface area contributed by atoms with Crippen LogP contribution < -0.4 is 11.1 Å². The number of carbonyl (C=O) groups excluding carboxylic acids is 1. The largest absolute Gasteiger partial charge is 0.385 e. The fourth-order valence-corrected chi connectivity index (χ4v) is 5.55. The molecule has 0 aliphatic carbocycles. The molecule has 3 rings (SSSR count). The Morgan fingerprint density at radius 3 is 2.88 bits per heavy atom. The smallest absolute Gasteiger partial charge is 0.317 e. The van der Waals surface area contributed by atoms with Crippen LogP contribution in [0.25, 0.3) is 0 Å². The Labute approximate surface area is 209 Å². The monoisotopic (exact) mass is 495 g/mol. The molecule has 0 aromatic heterocycles. The predicted molar refractivity (Wildman–Crippen MR) is 135 cm³/mol. The first-order chi connectivity index (χ1) is 16.4. The SMILES string of the molecule is COCCCC[C@@](O)(c1cccc(Cl)c1)[C@@H]1CCCN(C(=O)NC[C@@H](N)CC2CCOCC2)C1. The third kappa shape index (κ3) is 7.82. The van der Waals surface area contributed by atoms with Gasteiger partial charge in [0.05, 0.1) is 5.60 Å². The number of hydrogen-bond acceptors (Lipinski definition) is 5. The molecule has 1 aromatic carbocycles. The molecule has 2 saturated heterocycles. The van der Waals surface area contributed by atoms with Crippen molar-refractivity contribution in [2.45, 2.75) is 63.0 Å². The first-order valence-corrected chi connectivity index (χ1v) is 13.1. The Bertz CT molecular complexity index is 761. The van der Waals surface area contributed by atoms with E-state index in [9.17, 15) is 9.90 Å². The van der Waals surface area contributed by atoms with Crippen molar-refractivity contribution in [2.75, 3.05) is 46.6 Å². The Morgan fingerprint density at radius 1 is 1.35 bits per heavy atom. The maximum atomic E-state index is 13.0. The maximum absolute atomic E-state index is 13.0. The lowest BCUT2D eigenvalue weighted by Gasteiger charge is -2.43. The number of carbonyl (C=O) groups is 1. The van der Waals surface area contributed by atoms with Crippen molar-refractivity contribution < 1.29 is 19.4 Å². The lowest BCUT2D eigenvalue weighted by molar-refractivity contribution is -0.0563. The van der Waals surface area contributed by atoms with Crippen molar-refractivity contribution in [3.05, 3.63) is 34.9 Å². The van der Waals surface area contributed by atoms with E-state index in [0.29, 0.717) is 43.6 Å². The highest BCUT2D eigenvalue weighted by atomic mass is 35.5. The van der Waals surface area contributed by atoms with E-state index in [1.165, 1.54) is 0 Å². The van der Waals surface area contributed by atoms with Crippen molar-refractivity contribution in [2.24, 2.45) is 17.6 Å². The third-order valence-electron chi connectivity index (χ3n) is 7.36. The number of unbranched alkanes of at least 4 members (excludes halogenated alkanes) is 1. The summed E-state index contributed by atoms with van der Waals surface area (Å²) in [5.41, 5.74) is 6.09. The normalized spacial score (nSPS) is 22.2. The lowest BCUT2D eigenvalue weighted by atomic mass is 9.74. The Morgan fingerprint density at radius 2 is 2.15 bits per heavy atom. The number of nitrogens with one attached hydrogen (secondary N) is 1. The fraction of sp³-hybridized carbons (Fsp3) is 0.731. The van der Waals surface area contributed by atoms with E-state index in [1.54, 1.807) is 7.11 Å². The Hall–Kier alpha value is -1.38. The Kier molecular flexibility index (Phi) is 10.9. The summed E-state index contributed by atoms with van der Waals surface area (Å²) in [6.07, 6.45) is 7.02. The van der Waals surface area contributed by atoms with Crippen LogP contribution in [0.5, 0.6) is 0 Å². The zero-order chi connectivity index (χ0) is 24.4. The number of rotatable bonds is 11. The van der Waals surface area contributed by atoms with Gasteiger partial charge in [0.1, 0.15) is 0 Å². The van der Waals surface area contributed by atoms with Crippen LogP contribution in [-0.2, 0) is 15.1 Å². The van der Waals surface area contributed by atoms with Gasteiger partial charge in [0.2, 0.25) is 0 Å². The van der Waals surface area contributed by atoms with Crippen molar-refractivity contribution in [1.82, 2.24) is 10.2 Å². The van der Waals surface area contributed by atoms with Crippen molar-refractivity contribution >= 4 is 17.6 Å². The number of halogens is 1. The first kappa shape index (κ1) is 27.2. The molecule has 34 heavy (non-hydrogen) atoms. The molecule has 2 amide bonds. The summed E-state index contributed by atoms with van der Waals surface area (Å²) in [6, 6.07) is 7.34. The predicted octanol–water partition coefficient (Wildman–Crippen LogP) is 3.91. The second kappa shape index (κ2) is 13.6. The number of ether oxygens (including phenoxy) is 2. The van der Waals surface area contributed by atoms with E-state index in [4.69, 9.17) is 26.8 Å². The van der Waals surface area contributed by atoms with Crippen LogP contribution >= 0.6 is 11.6 Å². The number of methoxy groups -OCH3 is 1. The molecule has 0 bridgehead atoms. The number of nitrogens with two attached hydrogens (primary N) is 1. The molecule has 8 heteroatoms. The number of amides is 2. The van der Waals surface area contributed by atoms with Gasteiger partial charge in [-0.1, -0.05) is 23.7 Å². The zero-order valence-corrected chi connectivity index (χ0v) is 21.3. The van der Waals surface area contributed by atoms with E-state index in [2.05, 4.69) is 5.32 Å². The van der Waals surface area contributed by atoms with Gasteiger partial charge in [0.15, 0.2) is 0 Å². The molecule has 2 aliphatic heterocycles. The molecular formula is C26H42ClN3O4. The van der Waals surface area contributed by atoms with Gasteiger partial charge in [-0.3, -0.25) is 0 Å². The average Bonchev–Trinajstić information content (AvgIpc) is 2.86. The zero-order valence-electron chi connectivity index (χ0n) is 20.5. The van der Waals surface area contributed by atoms with Crippen molar-refractivity contribution in [3.63, 3.8) is 0 Å². The summed E-state index contributed by atoms with van der Waals surface area (Å²) < 4.78 is 10.6. The van der Waals surface area contributed by atoms with Crippen molar-refractivity contribution in [3.8, 4) is 0 Å². The van der Waals surface area contributed by atoms with Gasteiger partial charge < -0.3 is 30.5 Å². The van der Waals surface area contributed by atoms with Crippen LogP contribution in [0.4, 0.5) is 4.79 Å². The van der Waals surface area contributed by atoms with Gasteiger partial charge in [-0.15, -0.1) is 0 Å². The first-order valence-electron chi connectivity index (χ1n) is 12.8.